The van der Waals surface area contributed by atoms with Gasteiger partial charge in [0.2, 0.25) is 11.8 Å². The molecule has 1 aliphatic carbocycles. The van der Waals surface area contributed by atoms with Gasteiger partial charge in [-0.3, -0.25) is 24.5 Å². The Labute approximate surface area is 585 Å². The number of nitrogens with one attached hydrogen (secondary N) is 2. The Balaban J connectivity index is 0.00000451. The van der Waals surface area contributed by atoms with Crippen molar-refractivity contribution in [2.24, 2.45) is 0 Å². The molecule has 6 aromatic carbocycles. The van der Waals surface area contributed by atoms with Crippen molar-refractivity contribution in [3.05, 3.63) is 190 Å². The normalized spacial score (nSPS) is 17.7. The maximum absolute atomic E-state index is 14.2. The Morgan fingerprint density at radius 1 is 0.653 bits per heavy atom. The number of likely N-dealkylation sites (N-methyl/N-ethyl adjacent to an activating group) is 2. The fraction of sp³-hybridized carbons (Fsp3) is 0.431. The third kappa shape index (κ3) is 19.5. The smallest absolute Gasteiger partial charge is 0.416 e. The Morgan fingerprint density at radius 2 is 1.27 bits per heavy atom. The molecule has 4 aliphatic rings. The van der Waals surface area contributed by atoms with Crippen LogP contribution in [0.3, 0.4) is 0 Å². The Hall–Kier alpha value is -7.51. The van der Waals surface area contributed by atoms with E-state index in [4.69, 9.17) is 14.2 Å². The van der Waals surface area contributed by atoms with Crippen molar-refractivity contribution in [1.29, 1.82) is 0 Å². The summed E-state index contributed by atoms with van der Waals surface area (Å²) in [6.45, 7) is 5.02. The summed E-state index contributed by atoms with van der Waals surface area (Å²) in [6, 6.07) is 39.1. The summed E-state index contributed by atoms with van der Waals surface area (Å²) in [7, 11) is 5.25. The maximum atomic E-state index is 14.2. The lowest BCUT2D eigenvalue weighted by atomic mass is 9.72. The zero-order chi connectivity index (χ0) is 67.5. The van der Waals surface area contributed by atoms with E-state index in [2.05, 4.69) is 32.6 Å². The number of ether oxygens (including phenoxy) is 3. The first kappa shape index (κ1) is 77.8. The van der Waals surface area contributed by atoms with Gasteiger partial charge in [-0.25, -0.2) is 9.18 Å². The summed E-state index contributed by atoms with van der Waals surface area (Å²) in [4.78, 5) is 77.3. The summed E-state index contributed by atoms with van der Waals surface area (Å²) in [5.41, 5.74) is 1.05. The van der Waals surface area contributed by atoms with Crippen LogP contribution in [0.2, 0.25) is 0 Å². The van der Waals surface area contributed by atoms with E-state index in [1.165, 1.54) is 24.3 Å². The monoisotopic (exact) mass is 1430 g/mol. The van der Waals surface area contributed by atoms with Crippen LogP contribution in [0, 0.1) is 5.82 Å². The molecule has 3 aliphatic heterocycles. The van der Waals surface area contributed by atoms with Crippen molar-refractivity contribution in [1.82, 2.24) is 29.4 Å². The van der Waals surface area contributed by atoms with E-state index in [1.54, 1.807) is 40.9 Å². The number of hydrogen-bond acceptors (Lipinski definition) is 11. The first-order chi connectivity index (χ1) is 45.5. The maximum Gasteiger partial charge on any atom is 0.416 e. The summed E-state index contributed by atoms with van der Waals surface area (Å²) in [6.07, 6.45) is -6.12. The average Bonchev–Trinajstić information content (AvgIpc) is 1.58. The van der Waals surface area contributed by atoms with Crippen molar-refractivity contribution < 1.29 is 68.9 Å². The highest BCUT2D eigenvalue weighted by Crippen LogP contribution is 2.48. The van der Waals surface area contributed by atoms with Crippen LogP contribution in [0.1, 0.15) is 99.9 Å². The van der Waals surface area contributed by atoms with Gasteiger partial charge in [0.25, 0.3) is 11.8 Å². The van der Waals surface area contributed by atoms with E-state index in [-0.39, 0.29) is 92.8 Å². The number of alkyl halides is 6. The lowest BCUT2D eigenvalue weighted by Crippen LogP contribution is -2.50. The molecule has 3 saturated heterocycles. The minimum Gasteiger partial charge on any atom is -0.446 e. The molecular formula is C72H84Cl3F7N8O8. The molecule has 98 heavy (non-hydrogen) atoms. The van der Waals surface area contributed by atoms with Crippen LogP contribution in [0.4, 0.5) is 46.9 Å². The van der Waals surface area contributed by atoms with Crippen molar-refractivity contribution in [3.8, 4) is 11.1 Å². The number of benzene rings is 6. The van der Waals surface area contributed by atoms with Crippen LogP contribution in [0.15, 0.2) is 146 Å². The molecule has 1 spiro atoms. The first-order valence-corrected chi connectivity index (χ1v) is 32.3. The third-order valence-electron chi connectivity index (χ3n) is 19.0. The second kappa shape index (κ2) is 34.5. The number of para-hydroxylation sites is 1. The van der Waals surface area contributed by atoms with Crippen LogP contribution < -0.4 is 10.6 Å². The number of piperidine rings is 2. The van der Waals surface area contributed by atoms with Gasteiger partial charge in [0.05, 0.1) is 29.5 Å². The number of carbonyl (C=O) groups is 5. The minimum absolute atomic E-state index is 0. The summed E-state index contributed by atoms with van der Waals surface area (Å²) in [5, 5.41) is 6.27. The lowest BCUT2D eigenvalue weighted by Gasteiger charge is -2.44. The largest absolute Gasteiger partial charge is 0.446 e. The van der Waals surface area contributed by atoms with Gasteiger partial charge in [-0.1, -0.05) is 84.9 Å². The second-order valence-corrected chi connectivity index (χ2v) is 25.3. The van der Waals surface area contributed by atoms with E-state index in [9.17, 15) is 54.7 Å². The second-order valence-electron chi connectivity index (χ2n) is 25.3. The molecule has 0 radical (unpaired) electrons. The Kier molecular flexibility index (Phi) is 27.4. The van der Waals surface area contributed by atoms with Crippen LogP contribution in [0.5, 0.6) is 0 Å². The number of likely N-dealkylation sites (tertiary alicyclic amines) is 2. The van der Waals surface area contributed by atoms with Gasteiger partial charge < -0.3 is 48.9 Å². The molecule has 0 aromatic heterocycles. The van der Waals surface area contributed by atoms with Gasteiger partial charge in [-0.2, -0.15) is 26.3 Å². The van der Waals surface area contributed by atoms with Gasteiger partial charge in [-0.05, 0) is 147 Å². The zero-order valence-electron chi connectivity index (χ0n) is 54.9. The molecule has 530 valence electrons. The highest BCUT2D eigenvalue weighted by molar-refractivity contribution is 5.95. The van der Waals surface area contributed by atoms with Crippen LogP contribution in [0.25, 0.3) is 11.1 Å². The molecule has 5 amide bonds. The SMILES string of the molecule is CN(CCN1CCC(OC(=O)Nc2ccccc2-c2ccccc2)CC1)C(=O)CCCNc1ccc(C(=O)N(C)CCCN(C)C(=O)CO[C@H]2Cc3ccccc3C23CCN(CC[C@@]2(c4ccc(F)cc4)CN(C(=O)c4cc(C(F)(F)F)cc(C(F)(F)F)c4)CO2)CC3)cc1.Cl.Cl.Cl. The molecule has 0 bridgehead atoms. The molecule has 2 N–H and O–H groups in total. The number of rotatable bonds is 24. The number of anilines is 2. The highest BCUT2D eigenvalue weighted by atomic mass is 35.5. The molecule has 6 aromatic rings. The van der Waals surface area contributed by atoms with Gasteiger partial charge in [0, 0.05) is 108 Å². The van der Waals surface area contributed by atoms with E-state index >= 15 is 0 Å². The summed E-state index contributed by atoms with van der Waals surface area (Å²) in [5.74, 6) is -1.92. The van der Waals surface area contributed by atoms with E-state index in [0.717, 1.165) is 52.5 Å². The van der Waals surface area contributed by atoms with E-state index in [1.807, 2.05) is 85.9 Å². The molecular weight excluding hydrogens is 1340 g/mol. The van der Waals surface area contributed by atoms with E-state index in [0.29, 0.717) is 126 Å². The molecule has 16 nitrogen and oxygen atoms in total. The molecule has 2 atom stereocenters. The quantitative estimate of drug-likeness (QED) is 0.0439. The van der Waals surface area contributed by atoms with Gasteiger partial charge >= 0.3 is 18.4 Å². The Bertz CT molecular complexity index is 3610. The van der Waals surface area contributed by atoms with Crippen LogP contribution >= 0.6 is 37.2 Å². The van der Waals surface area contributed by atoms with Crippen molar-refractivity contribution in [2.45, 2.75) is 93.4 Å². The molecule has 0 unspecified atom stereocenters. The number of carbonyl (C=O) groups excluding carboxylic acids is 5. The summed E-state index contributed by atoms with van der Waals surface area (Å²) >= 11 is 0. The highest BCUT2D eigenvalue weighted by Gasteiger charge is 2.50. The van der Waals surface area contributed by atoms with Crippen molar-refractivity contribution in [2.75, 3.05) is 117 Å². The lowest BCUT2D eigenvalue weighted by molar-refractivity contribution is -0.143. The first-order valence-electron chi connectivity index (χ1n) is 32.3. The van der Waals surface area contributed by atoms with Crippen molar-refractivity contribution >= 4 is 78.3 Å². The number of fused-ring (bicyclic) bond motifs is 2. The van der Waals surface area contributed by atoms with Gasteiger partial charge in [-0.15, -0.1) is 37.2 Å². The molecule has 26 heteroatoms. The number of hydrogen-bond donors (Lipinski definition) is 2. The molecule has 3 heterocycles. The number of halogens is 10. The van der Waals surface area contributed by atoms with Crippen molar-refractivity contribution in [3.63, 3.8) is 0 Å². The predicted octanol–water partition coefficient (Wildman–Crippen LogP) is 13.5. The topological polar surface area (TPSA) is 157 Å². The molecule has 10 rings (SSSR count). The van der Waals surface area contributed by atoms with Gasteiger partial charge in [0.1, 0.15) is 30.9 Å². The van der Waals surface area contributed by atoms with Crippen LogP contribution in [-0.4, -0.2) is 178 Å². The average molecular weight is 1430 g/mol. The van der Waals surface area contributed by atoms with Gasteiger partial charge in [0.15, 0.2) is 0 Å². The Morgan fingerprint density at radius 3 is 1.94 bits per heavy atom. The third-order valence-corrected chi connectivity index (χ3v) is 19.0. The summed E-state index contributed by atoms with van der Waals surface area (Å²) < 4.78 is 116. The molecule has 3 fully saturated rings. The zero-order valence-corrected chi connectivity index (χ0v) is 57.3. The minimum atomic E-state index is -5.15. The standard InChI is InChI=1S/C72H81F7N8O8.3ClH/c1-82(34-12-35-84(3)66(90)51-20-26-58(27-21-51)80-33-11-19-64(88)83(2)41-42-85-36-28-59(29-37-85)95-68(92)81-62-18-10-8-16-60(62)50-13-5-4-6-14-50)65(89)47-93-63-45-52-15-7-9-17-61(52)69(63)30-38-86(39-31-69)40-32-70(54-22-24-57(73)25-23-54)48-87(49-94-70)67(91)53-43-55(71(74,75)76)46-56(44-53)72(77,78)79;;;/h4-10,13-18,20-27,43-44,46,59,63,80H,11-12,19,28-42,45,47-49H2,1-3H3,(H,81,92);3*1H/t63-,70-;;;/m0.../s1. The number of nitrogens with zero attached hydrogens (tertiary/aromatic N) is 6. The molecule has 0 saturated carbocycles. The fourth-order valence-corrected chi connectivity index (χ4v) is 13.4. The number of amides is 5. The van der Waals surface area contributed by atoms with Crippen LogP contribution in [-0.2, 0) is 53.6 Å². The predicted molar refractivity (Wildman–Crippen MR) is 368 cm³/mol. The van der Waals surface area contributed by atoms with E-state index < -0.39 is 64.6 Å². The fourth-order valence-electron chi connectivity index (χ4n) is 13.4.